The molecule has 1 fully saturated rings. The molecule has 3 atom stereocenters. The normalized spacial score (nSPS) is 17.7. The van der Waals surface area contributed by atoms with Crippen LogP contribution in [-0.4, -0.2) is 13.2 Å². The summed E-state index contributed by atoms with van der Waals surface area (Å²) in [7, 11) is 1.71. The van der Waals surface area contributed by atoms with Gasteiger partial charge in [0, 0.05) is 17.4 Å². The first-order valence-corrected chi connectivity index (χ1v) is 16.1. The molecule has 0 amide bonds. The maximum atomic E-state index is 5.46. The second kappa shape index (κ2) is 13.5. The summed E-state index contributed by atoms with van der Waals surface area (Å²) in [6.45, 7) is 31.9. The molecule has 44 heavy (non-hydrogen) atoms. The van der Waals surface area contributed by atoms with E-state index in [0.29, 0.717) is 5.92 Å². The first-order valence-electron chi connectivity index (χ1n) is 16.1. The third-order valence-electron chi connectivity index (χ3n) is 9.95. The van der Waals surface area contributed by atoms with Gasteiger partial charge in [-0.15, -0.1) is 0 Å². The largest absolute Gasteiger partial charge is 0.500 e. The molecule has 3 aromatic carbocycles. The summed E-state index contributed by atoms with van der Waals surface area (Å²) in [5.74, 6) is 1.45. The van der Waals surface area contributed by atoms with Gasteiger partial charge in [-0.3, -0.25) is 0 Å². The number of hydrogen-bond acceptors (Lipinski definition) is 2. The van der Waals surface area contributed by atoms with Gasteiger partial charge in [0.2, 0.25) is 0 Å². The fourth-order valence-corrected chi connectivity index (χ4v) is 6.61. The Bertz CT molecular complexity index is 1500. The highest BCUT2D eigenvalue weighted by Crippen LogP contribution is 2.45. The Morgan fingerprint density at radius 2 is 1.50 bits per heavy atom. The number of aryl methyl sites for hydroxylation is 2. The number of benzene rings is 3. The fourth-order valence-electron chi connectivity index (χ4n) is 6.61. The molecule has 1 aliphatic rings. The molecule has 1 N–H and O–H groups in total. The maximum absolute atomic E-state index is 5.46. The maximum Gasteiger partial charge on any atom is 0.105 e. The van der Waals surface area contributed by atoms with E-state index >= 15 is 0 Å². The molecule has 4 rings (SSSR count). The van der Waals surface area contributed by atoms with Gasteiger partial charge in [-0.1, -0.05) is 136 Å². The lowest BCUT2D eigenvalue weighted by molar-refractivity contribution is 0.258. The molecule has 0 aromatic heterocycles. The zero-order chi connectivity index (χ0) is 31.9. The van der Waals surface area contributed by atoms with Crippen LogP contribution in [0.2, 0.25) is 0 Å². The molecule has 238 valence electrons. The highest BCUT2D eigenvalue weighted by Gasteiger charge is 2.33. The smallest absolute Gasteiger partial charge is 0.105 e. The summed E-state index contributed by atoms with van der Waals surface area (Å²) in [6, 6.07) is 21.7. The molecule has 1 saturated heterocycles. The van der Waals surface area contributed by atoms with Crippen molar-refractivity contribution in [3.8, 4) is 11.1 Å². The number of allylic oxidation sites excluding steroid dienone is 1. The van der Waals surface area contributed by atoms with Gasteiger partial charge in [0.15, 0.2) is 0 Å². The summed E-state index contributed by atoms with van der Waals surface area (Å²) in [5, 5.41) is 3.77. The third-order valence-corrected chi connectivity index (χ3v) is 9.95. The number of hydrogen-bond donors (Lipinski definition) is 1. The average Bonchev–Trinajstić information content (AvgIpc) is 3.45. The van der Waals surface area contributed by atoms with Crippen molar-refractivity contribution in [2.75, 3.05) is 7.11 Å². The minimum Gasteiger partial charge on any atom is -0.500 e. The van der Waals surface area contributed by atoms with Crippen LogP contribution in [-0.2, 0) is 15.6 Å². The molecule has 0 saturated carbocycles. The Hall–Kier alpha value is -3.10. The predicted molar refractivity (Wildman–Crippen MR) is 193 cm³/mol. The van der Waals surface area contributed by atoms with Crippen molar-refractivity contribution in [2.45, 2.75) is 124 Å². The first-order chi connectivity index (χ1) is 20.0. The van der Waals surface area contributed by atoms with Crippen LogP contribution in [0.1, 0.15) is 132 Å². The van der Waals surface area contributed by atoms with E-state index in [9.17, 15) is 0 Å². The second-order valence-corrected chi connectivity index (χ2v) is 14.8. The zero-order valence-corrected chi connectivity index (χ0v) is 28.7. The number of nitrogens with one attached hydrogen (secondary N) is 1. The van der Waals surface area contributed by atoms with Crippen LogP contribution in [0.3, 0.4) is 0 Å². The van der Waals surface area contributed by atoms with Gasteiger partial charge >= 0.3 is 0 Å². The molecule has 2 heteroatoms. The molecule has 0 radical (unpaired) electrons. The van der Waals surface area contributed by atoms with Crippen molar-refractivity contribution >= 4 is 0 Å². The lowest BCUT2D eigenvalue weighted by Gasteiger charge is -2.35. The lowest BCUT2D eigenvalue weighted by Crippen LogP contribution is -2.26. The van der Waals surface area contributed by atoms with Crippen LogP contribution in [0, 0.1) is 13.8 Å². The molecule has 1 heterocycles. The second-order valence-electron chi connectivity index (χ2n) is 14.8. The molecule has 0 spiro atoms. The topological polar surface area (TPSA) is 21.3 Å². The summed E-state index contributed by atoms with van der Waals surface area (Å²) in [6.07, 6.45) is 2.10. The molecular weight excluding hydrogens is 534 g/mol. The standard InChI is InChI=1S/C41H55NO.CH4/c1-25(2)32-21-33(40(8,9)10)24-34(22-32)41(11,12)29(6)28(5)36-17-15-31(39-19-18-38(42-39)30(7)43-13)23-37(36)35-16-14-26(3)20-27(35)4;/h14-17,20-25,28,38-39,42H,6-7,18-19H2,1-5,8-13H3;1H4/t28?,38-,39+;/m0./s1. The van der Waals surface area contributed by atoms with Gasteiger partial charge in [0.25, 0.3) is 0 Å². The first kappa shape index (κ1) is 35.4. The van der Waals surface area contributed by atoms with Gasteiger partial charge < -0.3 is 10.1 Å². The molecule has 3 aromatic rings. The Balaban J connectivity index is 0.00000529. The van der Waals surface area contributed by atoms with E-state index in [1.807, 2.05) is 0 Å². The minimum atomic E-state index is -0.205. The Kier molecular flexibility index (Phi) is 10.8. The van der Waals surface area contributed by atoms with Crippen molar-refractivity contribution in [3.05, 3.63) is 118 Å². The SMILES string of the molecule is C.C=C(OC)[C@@H]1CC[C@H](c2ccc(C(C)C(=C)C(C)(C)c3cc(C(C)C)cc(C(C)(C)C)c3)c(-c3ccc(C)cc3C)c2)N1. The van der Waals surface area contributed by atoms with E-state index in [2.05, 4.69) is 136 Å². The highest BCUT2D eigenvalue weighted by molar-refractivity contribution is 5.73. The van der Waals surface area contributed by atoms with Crippen molar-refractivity contribution in [1.82, 2.24) is 5.32 Å². The molecule has 0 aliphatic carbocycles. The van der Waals surface area contributed by atoms with Crippen LogP contribution < -0.4 is 5.32 Å². The Morgan fingerprint density at radius 3 is 2.09 bits per heavy atom. The van der Waals surface area contributed by atoms with Gasteiger partial charge in [0.05, 0.1) is 13.2 Å². The van der Waals surface area contributed by atoms with Crippen molar-refractivity contribution in [1.29, 1.82) is 0 Å². The van der Waals surface area contributed by atoms with Gasteiger partial charge in [-0.25, -0.2) is 0 Å². The van der Waals surface area contributed by atoms with E-state index in [1.54, 1.807) is 7.11 Å². The van der Waals surface area contributed by atoms with Crippen molar-refractivity contribution < 1.29 is 4.74 Å². The Labute approximate surface area is 270 Å². The predicted octanol–water partition coefficient (Wildman–Crippen LogP) is 11.6. The monoisotopic (exact) mass is 593 g/mol. The van der Waals surface area contributed by atoms with Crippen LogP contribution >= 0.6 is 0 Å². The van der Waals surface area contributed by atoms with E-state index in [4.69, 9.17) is 11.3 Å². The molecule has 2 nitrogen and oxygen atoms in total. The highest BCUT2D eigenvalue weighted by atomic mass is 16.5. The van der Waals surface area contributed by atoms with E-state index in [0.717, 1.165) is 18.6 Å². The minimum absolute atomic E-state index is 0. The summed E-state index contributed by atoms with van der Waals surface area (Å²) in [5.41, 5.74) is 13.1. The summed E-state index contributed by atoms with van der Waals surface area (Å²) < 4.78 is 5.46. The van der Waals surface area contributed by atoms with Crippen molar-refractivity contribution in [2.24, 2.45) is 0 Å². The zero-order valence-electron chi connectivity index (χ0n) is 28.7. The Morgan fingerprint density at radius 1 is 0.841 bits per heavy atom. The van der Waals surface area contributed by atoms with Gasteiger partial charge in [-0.2, -0.15) is 0 Å². The quantitative estimate of drug-likeness (QED) is 0.197. The lowest BCUT2D eigenvalue weighted by atomic mass is 9.69. The summed E-state index contributed by atoms with van der Waals surface area (Å²) in [4.78, 5) is 0. The molecule has 1 unspecified atom stereocenters. The average molecular weight is 594 g/mol. The van der Waals surface area contributed by atoms with Crippen molar-refractivity contribution in [3.63, 3.8) is 0 Å². The van der Waals surface area contributed by atoms with E-state index < -0.39 is 0 Å². The summed E-state index contributed by atoms with van der Waals surface area (Å²) >= 11 is 0. The fraction of sp³-hybridized carbons (Fsp3) is 0.476. The van der Waals surface area contributed by atoms with Crippen LogP contribution in [0.4, 0.5) is 0 Å². The number of rotatable bonds is 9. The number of ether oxygens (including phenoxy) is 1. The van der Waals surface area contributed by atoms with Crippen LogP contribution in [0.5, 0.6) is 0 Å². The third kappa shape index (κ3) is 7.23. The van der Waals surface area contributed by atoms with E-state index in [-0.39, 0.29) is 36.3 Å². The molecule has 1 aliphatic heterocycles. The van der Waals surface area contributed by atoms with Crippen LogP contribution in [0.25, 0.3) is 11.1 Å². The molecule has 0 bridgehead atoms. The van der Waals surface area contributed by atoms with E-state index in [1.165, 1.54) is 55.6 Å². The van der Waals surface area contributed by atoms with Crippen LogP contribution in [0.15, 0.2) is 79.1 Å². The molecular formula is C42H59NO. The van der Waals surface area contributed by atoms with Gasteiger partial charge in [-0.05, 0) is 88.6 Å². The number of methoxy groups -OCH3 is 1. The van der Waals surface area contributed by atoms with Gasteiger partial charge in [0.1, 0.15) is 5.76 Å².